The Balaban J connectivity index is 1.50. The zero-order chi connectivity index (χ0) is 18.2. The van der Waals surface area contributed by atoms with Gasteiger partial charge in [-0.15, -0.1) is 0 Å². The van der Waals surface area contributed by atoms with Gasteiger partial charge in [-0.1, -0.05) is 25.5 Å². The van der Waals surface area contributed by atoms with E-state index in [0.717, 1.165) is 45.3 Å². The van der Waals surface area contributed by atoms with Gasteiger partial charge in [0.15, 0.2) is 5.79 Å². The van der Waals surface area contributed by atoms with E-state index in [4.69, 9.17) is 14.2 Å². The van der Waals surface area contributed by atoms with Crippen LogP contribution in [0.4, 0.5) is 0 Å². The third kappa shape index (κ3) is 2.10. The highest BCUT2D eigenvalue weighted by Crippen LogP contribution is 2.68. The van der Waals surface area contributed by atoms with Crippen LogP contribution in [0.5, 0.6) is 0 Å². The Bertz CT molecular complexity index is 609. The molecule has 0 amide bonds. The number of hydrogen-bond acceptors (Lipinski definition) is 4. The molecule has 0 radical (unpaired) electrons. The summed E-state index contributed by atoms with van der Waals surface area (Å²) < 4.78 is 18.1. The smallest absolute Gasteiger partial charge is 0.174 e. The second-order valence-corrected chi connectivity index (χ2v) is 9.94. The Hall–Kier alpha value is -0.420. The number of aliphatic hydroxyl groups excluding tert-OH is 1. The summed E-state index contributed by atoms with van der Waals surface area (Å²) in [5.74, 6) is 1.02. The van der Waals surface area contributed by atoms with E-state index < -0.39 is 0 Å². The van der Waals surface area contributed by atoms with E-state index in [1.54, 1.807) is 0 Å². The van der Waals surface area contributed by atoms with Crippen LogP contribution >= 0.6 is 0 Å². The molecule has 1 heterocycles. The number of aliphatic hydroxyl groups is 1. The van der Waals surface area contributed by atoms with Crippen LogP contribution in [0.3, 0.4) is 0 Å². The van der Waals surface area contributed by atoms with E-state index in [-0.39, 0.29) is 22.7 Å². The lowest BCUT2D eigenvalue weighted by Gasteiger charge is -2.59. The predicted octanol–water partition coefficient (Wildman–Crippen LogP) is 3.68. The molecule has 1 spiro atoms. The summed E-state index contributed by atoms with van der Waals surface area (Å²) in [6, 6.07) is 0. The van der Waals surface area contributed by atoms with Gasteiger partial charge in [-0.3, -0.25) is 0 Å². The number of hydrogen-bond donors (Lipinski definition) is 1. The Morgan fingerprint density at radius 2 is 1.77 bits per heavy atom. The molecule has 0 aromatic heterocycles. The average Bonchev–Trinajstić information content (AvgIpc) is 3.22. The maximum Gasteiger partial charge on any atom is 0.174 e. The summed E-state index contributed by atoms with van der Waals surface area (Å²) in [6.07, 6.45) is 9.95. The highest BCUT2D eigenvalue weighted by Gasteiger charge is 2.67. The van der Waals surface area contributed by atoms with Crippen LogP contribution in [0.1, 0.15) is 58.8 Å². The minimum Gasteiger partial charge on any atom is -0.389 e. The third-order valence-corrected chi connectivity index (χ3v) is 9.22. The Kier molecular flexibility index (Phi) is 3.93. The van der Waals surface area contributed by atoms with Crippen LogP contribution in [0.25, 0.3) is 0 Å². The molecule has 3 saturated carbocycles. The van der Waals surface area contributed by atoms with Gasteiger partial charge in [0.05, 0.1) is 25.4 Å². The summed E-state index contributed by atoms with van der Waals surface area (Å²) in [6.45, 7) is 6.28. The van der Waals surface area contributed by atoms with Gasteiger partial charge < -0.3 is 19.3 Å². The van der Waals surface area contributed by atoms with Gasteiger partial charge in [0, 0.05) is 18.9 Å². The van der Waals surface area contributed by atoms with Crippen LogP contribution < -0.4 is 0 Å². The Labute approximate surface area is 157 Å². The first-order chi connectivity index (χ1) is 12.4. The molecule has 146 valence electrons. The zero-order valence-corrected chi connectivity index (χ0v) is 16.5. The quantitative estimate of drug-likeness (QED) is 0.723. The second-order valence-electron chi connectivity index (χ2n) is 9.94. The van der Waals surface area contributed by atoms with E-state index in [2.05, 4.69) is 19.9 Å². The summed E-state index contributed by atoms with van der Waals surface area (Å²) in [5.41, 5.74) is 1.72. The fourth-order valence-corrected chi connectivity index (χ4v) is 7.70. The molecule has 0 bridgehead atoms. The molecule has 7 atom stereocenters. The fourth-order valence-electron chi connectivity index (χ4n) is 7.70. The van der Waals surface area contributed by atoms with Crippen LogP contribution in [0.15, 0.2) is 11.6 Å². The predicted molar refractivity (Wildman–Crippen MR) is 98.5 cm³/mol. The Morgan fingerprint density at radius 1 is 1.04 bits per heavy atom. The SMILES string of the molecule is COC1CC[C@@]2(C)C(=CC(O)C3C2CC[C@@]2(C)C3CCC23OCCO3)C1. The summed E-state index contributed by atoms with van der Waals surface area (Å²) in [4.78, 5) is 0. The fraction of sp³-hybridized carbons (Fsp3) is 0.909. The topological polar surface area (TPSA) is 47.9 Å². The van der Waals surface area contributed by atoms with Crippen LogP contribution in [-0.4, -0.2) is 43.4 Å². The van der Waals surface area contributed by atoms with E-state index in [1.165, 1.54) is 18.4 Å². The van der Waals surface area contributed by atoms with E-state index >= 15 is 0 Å². The van der Waals surface area contributed by atoms with Crippen molar-refractivity contribution in [2.45, 2.75) is 76.8 Å². The second kappa shape index (κ2) is 5.79. The molecule has 1 saturated heterocycles. The van der Waals surface area contributed by atoms with Crippen molar-refractivity contribution >= 4 is 0 Å². The van der Waals surface area contributed by atoms with E-state index in [0.29, 0.717) is 23.9 Å². The molecule has 0 aromatic carbocycles. The van der Waals surface area contributed by atoms with Crippen molar-refractivity contribution < 1.29 is 19.3 Å². The van der Waals surface area contributed by atoms with Crippen molar-refractivity contribution in [3.63, 3.8) is 0 Å². The average molecular weight is 363 g/mol. The van der Waals surface area contributed by atoms with Gasteiger partial charge in [-0.05, 0) is 61.7 Å². The van der Waals surface area contributed by atoms with Crippen molar-refractivity contribution in [2.75, 3.05) is 20.3 Å². The van der Waals surface area contributed by atoms with Gasteiger partial charge in [0.2, 0.25) is 0 Å². The maximum absolute atomic E-state index is 11.2. The summed E-state index contributed by atoms with van der Waals surface area (Å²) in [5, 5.41) is 11.2. The minimum atomic E-state index is -0.388. The molecule has 5 unspecified atom stereocenters. The van der Waals surface area contributed by atoms with Crippen LogP contribution in [-0.2, 0) is 14.2 Å². The molecule has 4 fully saturated rings. The van der Waals surface area contributed by atoms with Gasteiger partial charge >= 0.3 is 0 Å². The van der Waals surface area contributed by atoms with Crippen molar-refractivity contribution in [3.05, 3.63) is 11.6 Å². The molecular weight excluding hydrogens is 328 g/mol. The van der Waals surface area contributed by atoms with Crippen LogP contribution in [0.2, 0.25) is 0 Å². The summed E-state index contributed by atoms with van der Waals surface area (Å²) in [7, 11) is 1.82. The zero-order valence-electron chi connectivity index (χ0n) is 16.5. The highest BCUT2D eigenvalue weighted by atomic mass is 16.7. The van der Waals surface area contributed by atoms with Gasteiger partial charge in [-0.25, -0.2) is 0 Å². The molecule has 1 aliphatic heterocycles. The first kappa shape index (κ1) is 17.7. The van der Waals surface area contributed by atoms with Crippen molar-refractivity contribution in [1.82, 2.24) is 0 Å². The first-order valence-electron chi connectivity index (χ1n) is 10.6. The third-order valence-electron chi connectivity index (χ3n) is 9.22. The maximum atomic E-state index is 11.2. The number of ether oxygens (including phenoxy) is 3. The number of rotatable bonds is 1. The molecule has 5 rings (SSSR count). The molecular formula is C22H34O4. The van der Waals surface area contributed by atoms with E-state index in [9.17, 15) is 5.11 Å². The van der Waals surface area contributed by atoms with Gasteiger partial charge in [-0.2, -0.15) is 0 Å². The lowest BCUT2D eigenvalue weighted by atomic mass is 9.47. The molecule has 5 aliphatic rings. The standard InChI is InChI=1S/C22H34O4/c1-20-7-4-15(24-3)12-14(20)13-18(23)19-16(20)5-8-21(2)17(19)6-9-22(21)25-10-11-26-22/h13,15-19,23H,4-12H2,1-3H3/t15?,16?,17?,18?,19?,20-,21-/m0/s1. The summed E-state index contributed by atoms with van der Waals surface area (Å²) >= 11 is 0. The van der Waals surface area contributed by atoms with Gasteiger partial charge in [0.1, 0.15) is 0 Å². The van der Waals surface area contributed by atoms with Crippen molar-refractivity contribution in [2.24, 2.45) is 28.6 Å². The monoisotopic (exact) mass is 362 g/mol. The normalized spacial score (nSPS) is 52.3. The molecule has 0 aromatic rings. The van der Waals surface area contributed by atoms with Crippen molar-refractivity contribution in [3.8, 4) is 0 Å². The molecule has 4 nitrogen and oxygen atoms in total. The molecule has 1 N–H and O–H groups in total. The van der Waals surface area contributed by atoms with Crippen molar-refractivity contribution in [1.29, 1.82) is 0 Å². The minimum absolute atomic E-state index is 0.0388. The highest BCUT2D eigenvalue weighted by molar-refractivity contribution is 5.28. The molecule has 4 aliphatic carbocycles. The number of fused-ring (bicyclic) bond motifs is 6. The first-order valence-corrected chi connectivity index (χ1v) is 10.6. The Morgan fingerprint density at radius 3 is 2.50 bits per heavy atom. The molecule has 4 heteroatoms. The molecule has 26 heavy (non-hydrogen) atoms. The lowest BCUT2D eigenvalue weighted by Crippen LogP contribution is -2.58. The largest absolute Gasteiger partial charge is 0.389 e. The lowest BCUT2D eigenvalue weighted by molar-refractivity contribution is -0.246. The number of methoxy groups -OCH3 is 1. The van der Waals surface area contributed by atoms with Crippen LogP contribution in [0, 0.1) is 28.6 Å². The van der Waals surface area contributed by atoms with E-state index in [1.807, 2.05) is 7.11 Å². The van der Waals surface area contributed by atoms with Gasteiger partial charge in [0.25, 0.3) is 0 Å².